The van der Waals surface area contributed by atoms with Gasteiger partial charge in [0.1, 0.15) is 5.75 Å². The summed E-state index contributed by atoms with van der Waals surface area (Å²) < 4.78 is 7.42. The molecule has 0 fully saturated rings. The Bertz CT molecular complexity index is 1130. The number of carbonyl (C=O) groups is 1. The van der Waals surface area contributed by atoms with E-state index in [0.29, 0.717) is 19.5 Å². The lowest BCUT2D eigenvalue weighted by Crippen LogP contribution is -2.34. The average molecular weight is 475 g/mol. The van der Waals surface area contributed by atoms with Gasteiger partial charge in [-0.15, -0.1) is 0 Å². The van der Waals surface area contributed by atoms with Crippen molar-refractivity contribution < 1.29 is 9.53 Å². The smallest absolute Gasteiger partial charge is 0.223 e. The molecule has 3 aromatic rings. The molecule has 0 atom stereocenters. The maximum absolute atomic E-state index is 13.1. The number of carbonyl (C=O) groups excluding carboxylic acids is 1. The number of rotatable bonds is 8. The first kappa shape index (κ1) is 25.0. The molecule has 0 spiro atoms. The lowest BCUT2D eigenvalue weighted by molar-refractivity contribution is -0.133. The molecule has 0 unspecified atom stereocenters. The number of ether oxygens (including phenoxy) is 1. The van der Waals surface area contributed by atoms with Crippen molar-refractivity contribution in [3.8, 4) is 11.4 Å². The molecular formula is C29H38N4O2. The number of methoxy groups -OCH3 is 1. The van der Waals surface area contributed by atoms with E-state index in [1.54, 1.807) is 7.11 Å². The highest BCUT2D eigenvalue weighted by Gasteiger charge is 2.28. The average Bonchev–Trinajstić information content (AvgIpc) is 3.19. The first-order valence-electron chi connectivity index (χ1n) is 12.6. The van der Waals surface area contributed by atoms with Gasteiger partial charge in [-0.3, -0.25) is 9.69 Å². The molecule has 1 aromatic heterocycles. The molecule has 0 saturated carbocycles. The summed E-state index contributed by atoms with van der Waals surface area (Å²) in [4.78, 5) is 17.5. The van der Waals surface area contributed by atoms with Crippen molar-refractivity contribution in [3.05, 3.63) is 77.1 Å². The highest BCUT2D eigenvalue weighted by atomic mass is 16.5. The van der Waals surface area contributed by atoms with E-state index < -0.39 is 0 Å². The highest BCUT2D eigenvalue weighted by Crippen LogP contribution is 2.29. The Balaban J connectivity index is 1.65. The second kappa shape index (κ2) is 10.6. The molecule has 1 aliphatic rings. The minimum absolute atomic E-state index is 0.0428. The number of aromatic nitrogens is 2. The third-order valence-electron chi connectivity index (χ3n) is 6.54. The van der Waals surface area contributed by atoms with Crippen LogP contribution in [0, 0.1) is 5.41 Å². The van der Waals surface area contributed by atoms with Gasteiger partial charge < -0.3 is 9.64 Å². The van der Waals surface area contributed by atoms with Crippen molar-refractivity contribution in [2.75, 3.05) is 20.2 Å². The number of hydrogen-bond acceptors (Lipinski definition) is 4. The van der Waals surface area contributed by atoms with Crippen LogP contribution in [0.3, 0.4) is 0 Å². The molecule has 2 heterocycles. The van der Waals surface area contributed by atoms with Crippen LogP contribution in [-0.4, -0.2) is 45.7 Å². The topological polar surface area (TPSA) is 50.6 Å². The summed E-state index contributed by atoms with van der Waals surface area (Å²) in [6, 6.07) is 18.7. The first-order valence-corrected chi connectivity index (χ1v) is 12.6. The molecule has 0 bridgehead atoms. The molecule has 0 saturated heterocycles. The maximum atomic E-state index is 13.1. The Kier molecular flexibility index (Phi) is 7.60. The van der Waals surface area contributed by atoms with Gasteiger partial charge in [-0.25, -0.2) is 4.68 Å². The Morgan fingerprint density at radius 3 is 2.43 bits per heavy atom. The van der Waals surface area contributed by atoms with Crippen molar-refractivity contribution in [2.45, 2.75) is 60.2 Å². The van der Waals surface area contributed by atoms with Crippen molar-refractivity contribution in [2.24, 2.45) is 5.41 Å². The van der Waals surface area contributed by atoms with Crippen LogP contribution in [0.4, 0.5) is 0 Å². The van der Waals surface area contributed by atoms with Crippen LogP contribution in [0.5, 0.6) is 5.75 Å². The van der Waals surface area contributed by atoms with Gasteiger partial charge in [-0.05, 0) is 42.2 Å². The minimum Gasteiger partial charge on any atom is -0.497 e. The molecular weight excluding hydrogens is 436 g/mol. The molecule has 0 N–H and O–H groups in total. The lowest BCUT2D eigenvalue weighted by atomic mass is 9.91. The van der Waals surface area contributed by atoms with Gasteiger partial charge in [0.2, 0.25) is 5.91 Å². The second-order valence-electron chi connectivity index (χ2n) is 10.6. The van der Waals surface area contributed by atoms with Crippen LogP contribution < -0.4 is 4.74 Å². The van der Waals surface area contributed by atoms with E-state index in [1.165, 1.54) is 16.8 Å². The number of fused-ring (bicyclic) bond motifs is 1. The van der Waals surface area contributed by atoms with E-state index in [2.05, 4.69) is 79.7 Å². The minimum atomic E-state index is -0.0428. The van der Waals surface area contributed by atoms with Crippen LogP contribution in [0.2, 0.25) is 0 Å². The maximum Gasteiger partial charge on any atom is 0.223 e. The largest absolute Gasteiger partial charge is 0.497 e. The molecule has 1 amide bonds. The van der Waals surface area contributed by atoms with Gasteiger partial charge in [0.25, 0.3) is 0 Å². The van der Waals surface area contributed by atoms with E-state index >= 15 is 0 Å². The zero-order valence-corrected chi connectivity index (χ0v) is 21.8. The van der Waals surface area contributed by atoms with Crippen molar-refractivity contribution in [3.63, 3.8) is 0 Å². The van der Waals surface area contributed by atoms with Gasteiger partial charge >= 0.3 is 0 Å². The Labute approximate surface area is 209 Å². The molecule has 186 valence electrons. The SMILES string of the molecule is CCN(Cc1nn(-c2ccc(OC)cc2)c2c1CN(Cc1ccccc1)CC2)C(=O)CC(C)(C)C. The van der Waals surface area contributed by atoms with Gasteiger partial charge in [0.05, 0.1) is 30.7 Å². The quantitative estimate of drug-likeness (QED) is 0.449. The van der Waals surface area contributed by atoms with Crippen molar-refractivity contribution in [1.82, 2.24) is 19.6 Å². The summed E-state index contributed by atoms with van der Waals surface area (Å²) in [5.41, 5.74) is 5.79. The summed E-state index contributed by atoms with van der Waals surface area (Å²) in [6.45, 7) is 12.3. The predicted octanol–water partition coefficient (Wildman–Crippen LogP) is 5.22. The van der Waals surface area contributed by atoms with Crippen LogP contribution >= 0.6 is 0 Å². The van der Waals surface area contributed by atoms with E-state index in [-0.39, 0.29) is 11.3 Å². The fraction of sp³-hybridized carbons (Fsp3) is 0.448. The molecule has 6 heteroatoms. The van der Waals surface area contributed by atoms with Crippen LogP contribution in [0.1, 0.15) is 56.6 Å². The Morgan fingerprint density at radius 1 is 1.09 bits per heavy atom. The van der Waals surface area contributed by atoms with Crippen LogP contribution in [0.25, 0.3) is 5.69 Å². The molecule has 6 nitrogen and oxygen atoms in total. The zero-order valence-electron chi connectivity index (χ0n) is 21.8. The molecule has 35 heavy (non-hydrogen) atoms. The lowest BCUT2D eigenvalue weighted by Gasteiger charge is -2.29. The van der Waals surface area contributed by atoms with Crippen molar-refractivity contribution >= 4 is 5.91 Å². The number of benzene rings is 2. The van der Waals surface area contributed by atoms with E-state index in [0.717, 1.165) is 43.2 Å². The van der Waals surface area contributed by atoms with Gasteiger partial charge in [-0.1, -0.05) is 51.1 Å². The number of nitrogens with zero attached hydrogens (tertiary/aromatic N) is 4. The Morgan fingerprint density at radius 2 is 1.80 bits per heavy atom. The first-order chi connectivity index (χ1) is 16.8. The van der Waals surface area contributed by atoms with Crippen molar-refractivity contribution in [1.29, 1.82) is 0 Å². The molecule has 0 radical (unpaired) electrons. The summed E-state index contributed by atoms with van der Waals surface area (Å²) in [5, 5.41) is 5.08. The van der Waals surface area contributed by atoms with Crippen LogP contribution in [-0.2, 0) is 30.8 Å². The summed E-state index contributed by atoms with van der Waals surface area (Å²) >= 11 is 0. The summed E-state index contributed by atoms with van der Waals surface area (Å²) in [7, 11) is 1.68. The highest BCUT2D eigenvalue weighted by molar-refractivity contribution is 5.76. The molecule has 1 aliphatic heterocycles. The standard InChI is InChI=1S/C29H38N4O2/c1-6-32(28(34)18-29(2,3)4)21-26-25-20-31(19-22-10-8-7-9-11-22)17-16-27(25)33(30-26)23-12-14-24(35-5)15-13-23/h7-15H,6,16-21H2,1-5H3. The number of hydrogen-bond donors (Lipinski definition) is 0. The third-order valence-corrected chi connectivity index (χ3v) is 6.54. The van der Waals surface area contributed by atoms with Crippen LogP contribution in [0.15, 0.2) is 54.6 Å². The second-order valence-corrected chi connectivity index (χ2v) is 10.6. The van der Waals surface area contributed by atoms with Gasteiger partial charge in [0, 0.05) is 44.6 Å². The zero-order chi connectivity index (χ0) is 25.0. The van der Waals surface area contributed by atoms with E-state index in [4.69, 9.17) is 9.84 Å². The predicted molar refractivity (Wildman–Crippen MR) is 140 cm³/mol. The fourth-order valence-corrected chi connectivity index (χ4v) is 4.71. The van der Waals surface area contributed by atoms with Gasteiger partial charge in [-0.2, -0.15) is 5.10 Å². The number of amides is 1. The molecule has 2 aromatic carbocycles. The van der Waals surface area contributed by atoms with E-state index in [9.17, 15) is 4.79 Å². The monoisotopic (exact) mass is 474 g/mol. The van der Waals surface area contributed by atoms with Gasteiger partial charge in [0.15, 0.2) is 0 Å². The summed E-state index contributed by atoms with van der Waals surface area (Å²) in [5.74, 6) is 1.01. The Hall–Kier alpha value is -3.12. The van der Waals surface area contributed by atoms with E-state index in [1.807, 2.05) is 17.0 Å². The normalized spacial score (nSPS) is 14.0. The molecule has 4 rings (SSSR count). The fourth-order valence-electron chi connectivity index (χ4n) is 4.71. The molecule has 0 aliphatic carbocycles. The third kappa shape index (κ3) is 6.12. The summed E-state index contributed by atoms with van der Waals surface area (Å²) in [6.07, 6.45) is 1.45.